The average Bonchev–Trinajstić information content (AvgIpc) is 2.40. The molecule has 0 aromatic carbocycles. The first-order valence-electron chi connectivity index (χ1n) is 6.02. The SMILES string of the molecule is C.C=CC(=O)NCCCCOC(=O)/C=C/C(=O)OCC.[HH]. The molecule has 6 heteroatoms. The Labute approximate surface area is 121 Å². The summed E-state index contributed by atoms with van der Waals surface area (Å²) in [6, 6.07) is 0. The second kappa shape index (κ2) is 13.3. The van der Waals surface area contributed by atoms with Crippen LogP contribution >= 0.6 is 0 Å². The molecule has 1 N–H and O–H groups in total. The van der Waals surface area contributed by atoms with Crippen molar-refractivity contribution in [2.45, 2.75) is 27.2 Å². The van der Waals surface area contributed by atoms with E-state index >= 15 is 0 Å². The molecule has 0 aliphatic carbocycles. The Morgan fingerprint density at radius 1 is 1.15 bits per heavy atom. The molecule has 0 aromatic heterocycles. The molecule has 0 fully saturated rings. The number of carbonyl (C=O) groups excluding carboxylic acids is 3. The van der Waals surface area contributed by atoms with Gasteiger partial charge in [-0.2, -0.15) is 0 Å². The Morgan fingerprint density at radius 3 is 2.30 bits per heavy atom. The summed E-state index contributed by atoms with van der Waals surface area (Å²) in [6.07, 6.45) is 4.55. The fourth-order valence-corrected chi connectivity index (χ4v) is 1.06. The Bertz CT molecular complexity index is 355. The van der Waals surface area contributed by atoms with Gasteiger partial charge in [0.05, 0.1) is 13.2 Å². The predicted octanol–water partition coefficient (Wildman–Crippen LogP) is 1.61. The smallest absolute Gasteiger partial charge is 0.331 e. The van der Waals surface area contributed by atoms with Crippen molar-refractivity contribution in [3.05, 3.63) is 24.8 Å². The van der Waals surface area contributed by atoms with Crippen LogP contribution < -0.4 is 5.32 Å². The molecule has 0 aliphatic heterocycles. The molecule has 0 bridgehead atoms. The second-order valence-electron chi connectivity index (χ2n) is 3.46. The minimum Gasteiger partial charge on any atom is -0.463 e. The summed E-state index contributed by atoms with van der Waals surface area (Å²) in [5, 5.41) is 2.60. The lowest BCUT2D eigenvalue weighted by Gasteiger charge is -2.03. The van der Waals surface area contributed by atoms with Crippen LogP contribution in [0.5, 0.6) is 0 Å². The van der Waals surface area contributed by atoms with Crippen molar-refractivity contribution in [2.75, 3.05) is 19.8 Å². The predicted molar refractivity (Wildman–Crippen MR) is 78.0 cm³/mol. The maximum atomic E-state index is 11.1. The van der Waals surface area contributed by atoms with E-state index in [0.717, 1.165) is 12.2 Å². The number of esters is 2. The summed E-state index contributed by atoms with van der Waals surface area (Å²) in [5.41, 5.74) is 0. The summed E-state index contributed by atoms with van der Waals surface area (Å²) in [4.78, 5) is 32.8. The molecule has 0 aliphatic rings. The van der Waals surface area contributed by atoms with Crippen LogP contribution in [0.1, 0.15) is 28.6 Å². The van der Waals surface area contributed by atoms with Gasteiger partial charge in [-0.1, -0.05) is 14.0 Å². The highest BCUT2D eigenvalue weighted by molar-refractivity contribution is 5.91. The molecular formula is C14H25NO5. The molecule has 0 heterocycles. The first kappa shape index (κ1) is 20.2. The lowest BCUT2D eigenvalue weighted by atomic mass is 10.3. The van der Waals surface area contributed by atoms with Crippen LogP contribution in [-0.2, 0) is 23.9 Å². The van der Waals surface area contributed by atoms with Crippen molar-refractivity contribution in [2.24, 2.45) is 0 Å². The standard InChI is InChI=1S/C13H19NO5.CH4.H2/c1-3-11(15)14-9-5-6-10-19-13(17)8-7-12(16)18-4-2;;/h3,7-8H,1,4-6,9-10H2,2H3,(H,14,15);1H4;1H/b8-7+;;. The molecular weight excluding hydrogens is 262 g/mol. The summed E-state index contributed by atoms with van der Waals surface area (Å²) in [7, 11) is 0. The molecule has 0 saturated carbocycles. The van der Waals surface area contributed by atoms with E-state index in [0.29, 0.717) is 19.4 Å². The number of hydrogen-bond acceptors (Lipinski definition) is 5. The number of ether oxygens (including phenoxy) is 2. The summed E-state index contributed by atoms with van der Waals surface area (Å²) in [5.74, 6) is -1.40. The maximum Gasteiger partial charge on any atom is 0.331 e. The number of unbranched alkanes of at least 4 members (excludes halogenated alkanes) is 1. The van der Waals surface area contributed by atoms with Crippen LogP contribution in [-0.4, -0.2) is 37.6 Å². The van der Waals surface area contributed by atoms with Crippen molar-refractivity contribution in [3.8, 4) is 0 Å². The van der Waals surface area contributed by atoms with Gasteiger partial charge >= 0.3 is 11.9 Å². The van der Waals surface area contributed by atoms with Crippen molar-refractivity contribution in [1.29, 1.82) is 0 Å². The zero-order valence-electron chi connectivity index (χ0n) is 11.0. The molecule has 0 radical (unpaired) electrons. The van der Waals surface area contributed by atoms with Gasteiger partial charge < -0.3 is 14.8 Å². The first-order valence-corrected chi connectivity index (χ1v) is 6.02. The third-order valence-electron chi connectivity index (χ3n) is 1.94. The van der Waals surface area contributed by atoms with Gasteiger partial charge in [-0.3, -0.25) is 4.79 Å². The first-order chi connectivity index (χ1) is 9.10. The fourth-order valence-electron chi connectivity index (χ4n) is 1.06. The van der Waals surface area contributed by atoms with Crippen LogP contribution in [0.2, 0.25) is 0 Å². The lowest BCUT2D eigenvalue weighted by Crippen LogP contribution is -2.22. The van der Waals surface area contributed by atoms with E-state index in [2.05, 4.69) is 16.6 Å². The van der Waals surface area contributed by atoms with Crippen molar-refractivity contribution < 1.29 is 25.3 Å². The van der Waals surface area contributed by atoms with E-state index < -0.39 is 11.9 Å². The highest BCUT2D eigenvalue weighted by Crippen LogP contribution is 1.91. The molecule has 0 rings (SSSR count). The van der Waals surface area contributed by atoms with Crippen LogP contribution in [0.15, 0.2) is 24.8 Å². The highest BCUT2D eigenvalue weighted by Gasteiger charge is 2.00. The largest absolute Gasteiger partial charge is 0.463 e. The fraction of sp³-hybridized carbons (Fsp3) is 0.500. The number of nitrogens with one attached hydrogen (secondary N) is 1. The third kappa shape index (κ3) is 12.3. The lowest BCUT2D eigenvalue weighted by molar-refractivity contribution is -0.140. The molecule has 116 valence electrons. The van der Waals surface area contributed by atoms with Crippen LogP contribution in [0, 0.1) is 0 Å². The van der Waals surface area contributed by atoms with Gasteiger partial charge in [-0.25, -0.2) is 9.59 Å². The minimum absolute atomic E-state index is 0. The zero-order chi connectivity index (χ0) is 14.5. The van der Waals surface area contributed by atoms with Gasteiger partial charge in [0.2, 0.25) is 5.91 Å². The normalized spacial score (nSPS) is 9.45. The third-order valence-corrected chi connectivity index (χ3v) is 1.94. The number of rotatable bonds is 9. The molecule has 0 aromatic rings. The number of amides is 1. The topological polar surface area (TPSA) is 81.7 Å². The Morgan fingerprint density at radius 2 is 1.75 bits per heavy atom. The molecule has 0 spiro atoms. The van der Waals surface area contributed by atoms with Crippen LogP contribution in [0.25, 0.3) is 0 Å². The van der Waals surface area contributed by atoms with Gasteiger partial charge in [0.25, 0.3) is 0 Å². The molecule has 20 heavy (non-hydrogen) atoms. The van der Waals surface area contributed by atoms with Gasteiger partial charge in [0, 0.05) is 20.1 Å². The van der Waals surface area contributed by atoms with E-state index in [1.54, 1.807) is 6.92 Å². The van der Waals surface area contributed by atoms with Gasteiger partial charge in [-0.05, 0) is 25.8 Å². The van der Waals surface area contributed by atoms with Gasteiger partial charge in [0.15, 0.2) is 0 Å². The molecule has 1 amide bonds. The van der Waals surface area contributed by atoms with Gasteiger partial charge in [-0.15, -0.1) is 0 Å². The highest BCUT2D eigenvalue weighted by atomic mass is 16.5. The van der Waals surface area contributed by atoms with Crippen molar-refractivity contribution in [1.82, 2.24) is 5.32 Å². The number of carbonyl (C=O) groups is 3. The van der Waals surface area contributed by atoms with Crippen LogP contribution in [0.3, 0.4) is 0 Å². The van der Waals surface area contributed by atoms with E-state index in [9.17, 15) is 14.4 Å². The van der Waals surface area contributed by atoms with Crippen LogP contribution in [0.4, 0.5) is 0 Å². The van der Waals surface area contributed by atoms with Gasteiger partial charge in [0.1, 0.15) is 0 Å². The quantitative estimate of drug-likeness (QED) is 0.396. The molecule has 6 nitrogen and oxygen atoms in total. The van der Waals surface area contributed by atoms with E-state index in [-0.39, 0.29) is 28.0 Å². The monoisotopic (exact) mass is 287 g/mol. The zero-order valence-corrected chi connectivity index (χ0v) is 11.0. The van der Waals surface area contributed by atoms with E-state index in [1.165, 1.54) is 6.08 Å². The Balaban J connectivity index is -0.00000162. The van der Waals surface area contributed by atoms with Crippen molar-refractivity contribution in [3.63, 3.8) is 0 Å². The minimum atomic E-state index is -0.594. The number of hydrogen-bond donors (Lipinski definition) is 1. The molecule has 0 unspecified atom stereocenters. The maximum absolute atomic E-state index is 11.1. The summed E-state index contributed by atoms with van der Waals surface area (Å²) in [6.45, 7) is 5.99. The molecule has 0 atom stereocenters. The summed E-state index contributed by atoms with van der Waals surface area (Å²) >= 11 is 0. The average molecular weight is 287 g/mol. The van der Waals surface area contributed by atoms with E-state index in [4.69, 9.17) is 4.74 Å². The second-order valence-corrected chi connectivity index (χ2v) is 3.46. The molecule has 0 saturated heterocycles. The van der Waals surface area contributed by atoms with E-state index in [1.807, 2.05) is 0 Å². The summed E-state index contributed by atoms with van der Waals surface area (Å²) < 4.78 is 9.44. The Hall–Kier alpha value is -2.11. The van der Waals surface area contributed by atoms with Crippen molar-refractivity contribution >= 4 is 17.8 Å². The Kier molecular flexibility index (Phi) is 13.5.